The number of rotatable bonds is 5. The second kappa shape index (κ2) is 5.88. The van der Waals surface area contributed by atoms with Gasteiger partial charge in [-0.05, 0) is 31.7 Å². The van der Waals surface area contributed by atoms with E-state index in [2.05, 4.69) is 21.9 Å². The molecule has 0 amide bonds. The Bertz CT molecular complexity index is 530. The molecule has 1 aliphatic rings. The zero-order valence-corrected chi connectivity index (χ0v) is 12.2. The molecule has 0 aromatic carbocycles. The van der Waals surface area contributed by atoms with Gasteiger partial charge in [0.1, 0.15) is 4.90 Å². The SMILES string of the molecule is CCNc1ccncc1S(=O)(=O)NC1CCCC1C. The summed E-state index contributed by atoms with van der Waals surface area (Å²) in [5.74, 6) is 0.397. The average Bonchev–Trinajstić information content (AvgIpc) is 2.75. The number of aromatic nitrogens is 1. The van der Waals surface area contributed by atoms with E-state index in [0.717, 1.165) is 19.3 Å². The van der Waals surface area contributed by atoms with E-state index >= 15 is 0 Å². The quantitative estimate of drug-likeness (QED) is 0.867. The number of hydrogen-bond acceptors (Lipinski definition) is 4. The van der Waals surface area contributed by atoms with Gasteiger partial charge in [0.15, 0.2) is 0 Å². The highest BCUT2D eigenvalue weighted by atomic mass is 32.2. The lowest BCUT2D eigenvalue weighted by Crippen LogP contribution is -2.36. The average molecular weight is 283 g/mol. The third kappa shape index (κ3) is 3.25. The van der Waals surface area contributed by atoms with Gasteiger partial charge < -0.3 is 5.32 Å². The van der Waals surface area contributed by atoms with Crippen molar-refractivity contribution in [3.8, 4) is 0 Å². The molecule has 2 unspecified atom stereocenters. The molecule has 1 fully saturated rings. The van der Waals surface area contributed by atoms with Crippen molar-refractivity contribution in [1.29, 1.82) is 0 Å². The summed E-state index contributed by atoms with van der Waals surface area (Å²) in [4.78, 5) is 4.16. The van der Waals surface area contributed by atoms with E-state index < -0.39 is 10.0 Å². The highest BCUT2D eigenvalue weighted by molar-refractivity contribution is 7.89. The number of pyridine rings is 1. The van der Waals surface area contributed by atoms with Crippen molar-refractivity contribution in [2.45, 2.75) is 44.0 Å². The second-order valence-electron chi connectivity index (χ2n) is 5.04. The largest absolute Gasteiger partial charge is 0.384 e. The van der Waals surface area contributed by atoms with Crippen LogP contribution in [0, 0.1) is 5.92 Å². The van der Waals surface area contributed by atoms with Crippen LogP contribution in [0.2, 0.25) is 0 Å². The first-order chi connectivity index (χ1) is 9.04. The lowest BCUT2D eigenvalue weighted by molar-refractivity contribution is 0.476. The molecule has 1 aromatic rings. The van der Waals surface area contributed by atoms with Gasteiger partial charge in [-0.25, -0.2) is 13.1 Å². The van der Waals surface area contributed by atoms with Gasteiger partial charge >= 0.3 is 0 Å². The lowest BCUT2D eigenvalue weighted by atomic mass is 10.1. The molecule has 2 atom stereocenters. The van der Waals surface area contributed by atoms with Crippen LogP contribution in [0.5, 0.6) is 0 Å². The van der Waals surface area contributed by atoms with Gasteiger partial charge in [0.05, 0.1) is 5.69 Å². The molecule has 0 aliphatic heterocycles. The van der Waals surface area contributed by atoms with Gasteiger partial charge in [-0.1, -0.05) is 13.3 Å². The van der Waals surface area contributed by atoms with Crippen molar-refractivity contribution in [1.82, 2.24) is 9.71 Å². The third-order valence-corrected chi connectivity index (χ3v) is 5.13. The van der Waals surface area contributed by atoms with Crippen LogP contribution in [0.4, 0.5) is 5.69 Å². The number of hydrogen-bond donors (Lipinski definition) is 2. The smallest absolute Gasteiger partial charge is 0.244 e. The maximum atomic E-state index is 12.4. The number of nitrogens with one attached hydrogen (secondary N) is 2. The summed E-state index contributed by atoms with van der Waals surface area (Å²) >= 11 is 0. The van der Waals surface area contributed by atoms with Gasteiger partial charge in [0, 0.05) is 25.0 Å². The van der Waals surface area contributed by atoms with Crippen LogP contribution in [0.25, 0.3) is 0 Å². The van der Waals surface area contributed by atoms with Crippen LogP contribution in [-0.4, -0.2) is 26.0 Å². The summed E-state index contributed by atoms with van der Waals surface area (Å²) in [6.07, 6.45) is 6.08. The second-order valence-corrected chi connectivity index (χ2v) is 6.72. The van der Waals surface area contributed by atoms with Crippen LogP contribution in [0.1, 0.15) is 33.1 Å². The van der Waals surface area contributed by atoms with E-state index in [9.17, 15) is 8.42 Å². The minimum Gasteiger partial charge on any atom is -0.384 e. The Labute approximate surface area is 114 Å². The fourth-order valence-corrected chi connectivity index (χ4v) is 4.02. The topological polar surface area (TPSA) is 71.1 Å². The molecule has 1 aliphatic carbocycles. The zero-order valence-electron chi connectivity index (χ0n) is 11.4. The summed E-state index contributed by atoms with van der Waals surface area (Å²) in [7, 11) is -3.50. The van der Waals surface area contributed by atoms with E-state index in [1.807, 2.05) is 6.92 Å². The first-order valence-corrected chi connectivity index (χ1v) is 8.23. The van der Waals surface area contributed by atoms with E-state index in [4.69, 9.17) is 0 Å². The molecule has 6 heteroatoms. The predicted molar refractivity (Wildman–Crippen MR) is 75.5 cm³/mol. The first kappa shape index (κ1) is 14.3. The molecular weight excluding hydrogens is 262 g/mol. The number of nitrogens with zero attached hydrogens (tertiary/aromatic N) is 1. The van der Waals surface area contributed by atoms with E-state index in [-0.39, 0.29) is 10.9 Å². The Kier molecular flexibility index (Phi) is 4.42. The van der Waals surface area contributed by atoms with E-state index in [1.54, 1.807) is 12.3 Å². The van der Waals surface area contributed by atoms with Crippen LogP contribution >= 0.6 is 0 Å². The Balaban J connectivity index is 2.24. The molecule has 5 nitrogen and oxygen atoms in total. The van der Waals surface area contributed by atoms with Gasteiger partial charge in [0.2, 0.25) is 10.0 Å². The van der Waals surface area contributed by atoms with Gasteiger partial charge in [0.25, 0.3) is 0 Å². The van der Waals surface area contributed by atoms with Crippen LogP contribution in [0.15, 0.2) is 23.4 Å². The number of sulfonamides is 1. The molecule has 2 N–H and O–H groups in total. The molecule has 2 rings (SSSR count). The third-order valence-electron chi connectivity index (χ3n) is 3.61. The summed E-state index contributed by atoms with van der Waals surface area (Å²) < 4.78 is 27.7. The molecule has 0 radical (unpaired) electrons. The zero-order chi connectivity index (χ0) is 13.9. The maximum absolute atomic E-state index is 12.4. The predicted octanol–water partition coefficient (Wildman–Crippen LogP) is 1.98. The van der Waals surface area contributed by atoms with Crippen molar-refractivity contribution in [3.63, 3.8) is 0 Å². The molecule has 19 heavy (non-hydrogen) atoms. The Morgan fingerprint density at radius 1 is 1.42 bits per heavy atom. The monoisotopic (exact) mass is 283 g/mol. The molecule has 1 heterocycles. The fourth-order valence-electron chi connectivity index (χ4n) is 2.51. The highest BCUT2D eigenvalue weighted by Gasteiger charge is 2.29. The van der Waals surface area contributed by atoms with Crippen molar-refractivity contribution >= 4 is 15.7 Å². The summed E-state index contributed by atoms with van der Waals surface area (Å²) in [6, 6.07) is 1.73. The Hall–Kier alpha value is -1.14. The standard InChI is InChI=1S/C13H21N3O2S/c1-3-15-12-7-8-14-9-13(12)19(17,18)16-11-6-4-5-10(11)2/h7-11,16H,3-6H2,1-2H3,(H,14,15). The van der Waals surface area contributed by atoms with E-state index in [0.29, 0.717) is 18.2 Å². The highest BCUT2D eigenvalue weighted by Crippen LogP contribution is 2.27. The molecule has 106 valence electrons. The Morgan fingerprint density at radius 3 is 2.84 bits per heavy atom. The Morgan fingerprint density at radius 2 is 2.21 bits per heavy atom. The molecule has 0 spiro atoms. The lowest BCUT2D eigenvalue weighted by Gasteiger charge is -2.18. The summed E-state index contributed by atoms with van der Waals surface area (Å²) in [6.45, 7) is 4.70. The molecular formula is C13H21N3O2S. The number of anilines is 1. The molecule has 0 bridgehead atoms. The van der Waals surface area contributed by atoms with Crippen molar-refractivity contribution in [3.05, 3.63) is 18.5 Å². The van der Waals surface area contributed by atoms with Crippen LogP contribution in [-0.2, 0) is 10.0 Å². The van der Waals surface area contributed by atoms with Gasteiger partial charge in [-0.2, -0.15) is 0 Å². The maximum Gasteiger partial charge on any atom is 0.244 e. The van der Waals surface area contributed by atoms with Crippen molar-refractivity contribution in [2.75, 3.05) is 11.9 Å². The summed E-state index contributed by atoms with van der Waals surface area (Å²) in [5.41, 5.74) is 0.607. The van der Waals surface area contributed by atoms with Crippen molar-refractivity contribution in [2.24, 2.45) is 5.92 Å². The van der Waals surface area contributed by atoms with Crippen LogP contribution in [0.3, 0.4) is 0 Å². The molecule has 0 saturated heterocycles. The van der Waals surface area contributed by atoms with E-state index in [1.165, 1.54) is 6.20 Å². The molecule has 1 saturated carbocycles. The van der Waals surface area contributed by atoms with Crippen LogP contribution < -0.4 is 10.0 Å². The molecule has 1 aromatic heterocycles. The van der Waals surface area contributed by atoms with Gasteiger partial charge in [-0.3, -0.25) is 4.98 Å². The minimum absolute atomic E-state index is 0.0414. The minimum atomic E-state index is -3.50. The summed E-state index contributed by atoms with van der Waals surface area (Å²) in [5, 5.41) is 3.06. The van der Waals surface area contributed by atoms with Crippen molar-refractivity contribution < 1.29 is 8.42 Å². The fraction of sp³-hybridized carbons (Fsp3) is 0.615. The van der Waals surface area contributed by atoms with Gasteiger partial charge in [-0.15, -0.1) is 0 Å². The normalized spacial score (nSPS) is 23.5. The first-order valence-electron chi connectivity index (χ1n) is 6.75.